The Morgan fingerprint density at radius 3 is 2.73 bits per heavy atom. The topological polar surface area (TPSA) is 68.7 Å². The molecule has 1 atom stereocenters. The maximum atomic E-state index is 12.7. The summed E-state index contributed by atoms with van der Waals surface area (Å²) < 4.78 is 11.7. The van der Waals surface area contributed by atoms with Gasteiger partial charge >= 0.3 is 5.97 Å². The summed E-state index contributed by atoms with van der Waals surface area (Å²) >= 11 is 2.23. The van der Waals surface area contributed by atoms with Crippen LogP contribution in [0.5, 0.6) is 0 Å². The van der Waals surface area contributed by atoms with Crippen LogP contribution in [0.3, 0.4) is 0 Å². The SMILES string of the molecule is CCOC(=O)c1c(C2CCOCC2)nc2c(c1I)C(O)CC1(CCC1)C2. The van der Waals surface area contributed by atoms with E-state index in [0.717, 1.165) is 46.2 Å². The third kappa shape index (κ3) is 3.18. The van der Waals surface area contributed by atoms with E-state index in [4.69, 9.17) is 14.5 Å². The van der Waals surface area contributed by atoms with Crippen LogP contribution in [0.2, 0.25) is 0 Å². The number of esters is 1. The highest BCUT2D eigenvalue weighted by Gasteiger charge is 2.45. The lowest BCUT2D eigenvalue weighted by molar-refractivity contribution is 0.0234. The molecule has 1 saturated heterocycles. The summed E-state index contributed by atoms with van der Waals surface area (Å²) in [5.41, 5.74) is 3.52. The third-order valence-corrected chi connectivity index (χ3v) is 7.40. The van der Waals surface area contributed by atoms with E-state index in [1.807, 2.05) is 6.92 Å². The fourth-order valence-electron chi connectivity index (χ4n) is 4.77. The molecule has 0 bridgehead atoms. The average molecular weight is 471 g/mol. The minimum absolute atomic E-state index is 0.221. The number of aliphatic hydroxyl groups is 1. The number of pyridine rings is 1. The van der Waals surface area contributed by atoms with Crippen LogP contribution >= 0.6 is 22.6 Å². The molecule has 5 nitrogen and oxygen atoms in total. The number of fused-ring (bicyclic) bond motifs is 1. The van der Waals surface area contributed by atoms with Crippen LogP contribution in [0.4, 0.5) is 0 Å². The van der Waals surface area contributed by atoms with E-state index < -0.39 is 6.10 Å². The molecule has 6 heteroatoms. The Bertz CT molecular complexity index is 710. The molecular weight excluding hydrogens is 445 g/mol. The van der Waals surface area contributed by atoms with Crippen molar-refractivity contribution < 1.29 is 19.4 Å². The highest BCUT2D eigenvalue weighted by molar-refractivity contribution is 14.1. The zero-order valence-corrected chi connectivity index (χ0v) is 17.4. The van der Waals surface area contributed by atoms with Gasteiger partial charge < -0.3 is 14.6 Å². The smallest absolute Gasteiger partial charge is 0.341 e. The van der Waals surface area contributed by atoms with Gasteiger partial charge in [-0.05, 0) is 73.5 Å². The fraction of sp³-hybridized carbons (Fsp3) is 0.700. The highest BCUT2D eigenvalue weighted by Crippen LogP contribution is 2.54. The summed E-state index contributed by atoms with van der Waals surface area (Å²) in [5.74, 6) is -0.0943. The van der Waals surface area contributed by atoms with E-state index in [2.05, 4.69) is 22.6 Å². The van der Waals surface area contributed by atoms with Crippen molar-refractivity contribution in [3.63, 3.8) is 0 Å². The molecule has 1 aromatic rings. The van der Waals surface area contributed by atoms with Crippen LogP contribution in [0, 0.1) is 8.99 Å². The molecule has 1 spiro atoms. The number of hydrogen-bond donors (Lipinski definition) is 1. The second kappa shape index (κ2) is 7.36. The van der Waals surface area contributed by atoms with E-state index in [1.54, 1.807) is 0 Å². The molecule has 1 unspecified atom stereocenters. The monoisotopic (exact) mass is 471 g/mol. The van der Waals surface area contributed by atoms with Crippen molar-refractivity contribution in [3.05, 3.63) is 26.1 Å². The van der Waals surface area contributed by atoms with Crippen LogP contribution in [0.15, 0.2) is 0 Å². The summed E-state index contributed by atoms with van der Waals surface area (Å²) in [6, 6.07) is 0. The fourth-order valence-corrected chi connectivity index (χ4v) is 5.94. The molecule has 1 N–H and O–H groups in total. The number of hydrogen-bond acceptors (Lipinski definition) is 5. The zero-order chi connectivity index (χ0) is 18.3. The number of nitrogens with zero attached hydrogens (tertiary/aromatic N) is 1. The Morgan fingerprint density at radius 1 is 1.38 bits per heavy atom. The Balaban J connectivity index is 1.82. The quantitative estimate of drug-likeness (QED) is 0.535. The Kier molecular flexibility index (Phi) is 5.27. The first kappa shape index (κ1) is 18.6. The van der Waals surface area contributed by atoms with Crippen molar-refractivity contribution in [2.45, 2.75) is 63.9 Å². The van der Waals surface area contributed by atoms with E-state index in [-0.39, 0.29) is 17.3 Å². The number of carbonyl (C=O) groups is 1. The molecule has 1 aromatic heterocycles. The van der Waals surface area contributed by atoms with Gasteiger partial charge in [-0.1, -0.05) is 6.42 Å². The van der Waals surface area contributed by atoms with E-state index in [0.29, 0.717) is 25.4 Å². The van der Waals surface area contributed by atoms with Gasteiger partial charge in [0.15, 0.2) is 0 Å². The molecule has 142 valence electrons. The van der Waals surface area contributed by atoms with Crippen LogP contribution in [0.25, 0.3) is 0 Å². The summed E-state index contributed by atoms with van der Waals surface area (Å²) in [6.45, 7) is 3.56. The molecule has 0 amide bonds. The van der Waals surface area contributed by atoms with Gasteiger partial charge in [0.05, 0.1) is 24.0 Å². The summed E-state index contributed by atoms with van der Waals surface area (Å²) in [4.78, 5) is 17.7. The first-order valence-corrected chi connectivity index (χ1v) is 10.8. The van der Waals surface area contributed by atoms with Crippen molar-refractivity contribution in [2.24, 2.45) is 5.41 Å². The molecule has 2 fully saturated rings. The number of carbonyl (C=O) groups excluding carboxylic acids is 1. The van der Waals surface area contributed by atoms with E-state index in [9.17, 15) is 9.90 Å². The Morgan fingerprint density at radius 2 is 2.12 bits per heavy atom. The van der Waals surface area contributed by atoms with Crippen molar-refractivity contribution in [3.8, 4) is 0 Å². The van der Waals surface area contributed by atoms with Crippen molar-refractivity contribution in [2.75, 3.05) is 19.8 Å². The molecule has 2 heterocycles. The lowest BCUT2D eigenvalue weighted by Gasteiger charge is -2.47. The zero-order valence-electron chi connectivity index (χ0n) is 15.2. The van der Waals surface area contributed by atoms with Gasteiger partial charge in [0.25, 0.3) is 0 Å². The Hall–Kier alpha value is -0.730. The largest absolute Gasteiger partial charge is 0.462 e. The van der Waals surface area contributed by atoms with Crippen molar-refractivity contribution in [1.29, 1.82) is 0 Å². The lowest BCUT2D eigenvalue weighted by atomic mass is 9.60. The normalized spacial score (nSPS) is 24.8. The van der Waals surface area contributed by atoms with Gasteiger partial charge in [-0.3, -0.25) is 4.98 Å². The van der Waals surface area contributed by atoms with E-state index in [1.165, 1.54) is 19.3 Å². The number of aromatic nitrogens is 1. The summed E-state index contributed by atoms with van der Waals surface area (Å²) in [5, 5.41) is 10.9. The molecule has 1 aliphatic heterocycles. The molecule has 0 radical (unpaired) electrons. The van der Waals surface area contributed by atoms with Crippen LogP contribution in [-0.4, -0.2) is 35.9 Å². The van der Waals surface area contributed by atoms with Gasteiger partial charge in [-0.25, -0.2) is 4.79 Å². The minimum atomic E-state index is -0.532. The molecular formula is C20H26INO4. The second-order valence-corrected chi connectivity index (χ2v) is 8.98. The maximum absolute atomic E-state index is 12.7. The standard InChI is InChI=1S/C20H26INO4/c1-2-26-19(24)16-17(21)15-13(10-20(6-3-7-20)11-14(15)23)22-18(16)12-4-8-25-9-5-12/h12,14,23H,2-11H2,1H3. The summed E-state index contributed by atoms with van der Waals surface area (Å²) in [6.07, 6.45) is 6.53. The van der Waals surface area contributed by atoms with Crippen LogP contribution in [0.1, 0.15) is 84.8 Å². The third-order valence-electron chi connectivity index (χ3n) is 6.28. The molecule has 26 heavy (non-hydrogen) atoms. The van der Waals surface area contributed by atoms with Crippen LogP contribution < -0.4 is 0 Å². The molecule has 3 aliphatic rings. The van der Waals surface area contributed by atoms with Crippen LogP contribution in [-0.2, 0) is 15.9 Å². The summed E-state index contributed by atoms with van der Waals surface area (Å²) in [7, 11) is 0. The average Bonchev–Trinajstić information content (AvgIpc) is 2.60. The van der Waals surface area contributed by atoms with Gasteiger partial charge in [0, 0.05) is 34.0 Å². The number of ether oxygens (including phenoxy) is 2. The molecule has 1 saturated carbocycles. The van der Waals surface area contributed by atoms with Crippen molar-refractivity contribution in [1.82, 2.24) is 4.98 Å². The first-order valence-electron chi connectivity index (χ1n) is 9.70. The van der Waals surface area contributed by atoms with Gasteiger partial charge in [0.2, 0.25) is 0 Å². The van der Waals surface area contributed by atoms with E-state index >= 15 is 0 Å². The van der Waals surface area contributed by atoms with Crippen molar-refractivity contribution >= 4 is 28.6 Å². The number of aliphatic hydroxyl groups excluding tert-OH is 1. The lowest BCUT2D eigenvalue weighted by Crippen LogP contribution is -2.39. The molecule has 4 rings (SSSR count). The van der Waals surface area contributed by atoms with Gasteiger partial charge in [-0.15, -0.1) is 0 Å². The number of halogens is 1. The highest BCUT2D eigenvalue weighted by atomic mass is 127. The number of rotatable bonds is 3. The predicted molar refractivity (Wildman–Crippen MR) is 105 cm³/mol. The molecule has 0 aromatic carbocycles. The minimum Gasteiger partial charge on any atom is -0.462 e. The predicted octanol–water partition coefficient (Wildman–Crippen LogP) is 3.91. The molecule has 2 aliphatic carbocycles. The van der Waals surface area contributed by atoms with Gasteiger partial charge in [-0.2, -0.15) is 0 Å². The van der Waals surface area contributed by atoms with Gasteiger partial charge in [0.1, 0.15) is 0 Å². The maximum Gasteiger partial charge on any atom is 0.341 e. The first-order chi connectivity index (χ1) is 12.5. The Labute approximate surface area is 168 Å². The second-order valence-electron chi connectivity index (χ2n) is 7.90.